The first-order chi connectivity index (χ1) is 10.8. The predicted molar refractivity (Wildman–Crippen MR) is 100 cm³/mol. The van der Waals surface area contributed by atoms with Crippen molar-refractivity contribution in [3.63, 3.8) is 0 Å². The van der Waals surface area contributed by atoms with Crippen LogP contribution in [0.25, 0.3) is 0 Å². The normalized spacial score (nSPS) is 10.5. The number of nitrogens with one attached hydrogen (secondary N) is 2. The summed E-state index contributed by atoms with van der Waals surface area (Å²) in [5, 5.41) is 7.34. The number of halogens is 6. The fraction of sp³-hybridized carbons (Fsp3) is 0.0714. The second kappa shape index (κ2) is 8.02. The summed E-state index contributed by atoms with van der Waals surface area (Å²) in [7, 11) is 0. The summed E-state index contributed by atoms with van der Waals surface area (Å²) in [5.41, 5.74) is 0.838. The highest BCUT2D eigenvalue weighted by molar-refractivity contribution is 6.44. The van der Waals surface area contributed by atoms with Gasteiger partial charge in [-0.25, -0.2) is 0 Å². The molecule has 3 nitrogen and oxygen atoms in total. The molecule has 0 saturated heterocycles. The Balaban J connectivity index is 2.04. The molecule has 0 spiro atoms. The van der Waals surface area contributed by atoms with Crippen LogP contribution < -0.4 is 10.6 Å². The lowest BCUT2D eigenvalue weighted by molar-refractivity contribution is -0.114. The molecule has 2 aromatic carbocycles. The van der Waals surface area contributed by atoms with Crippen LogP contribution >= 0.6 is 69.6 Å². The van der Waals surface area contributed by atoms with Gasteiger partial charge in [0.2, 0.25) is 5.91 Å². The van der Waals surface area contributed by atoms with E-state index in [1.807, 2.05) is 0 Å². The van der Waals surface area contributed by atoms with E-state index >= 15 is 0 Å². The lowest BCUT2D eigenvalue weighted by Gasteiger charge is -2.11. The van der Waals surface area contributed by atoms with Gasteiger partial charge in [-0.15, -0.1) is 0 Å². The van der Waals surface area contributed by atoms with Gasteiger partial charge in [0.25, 0.3) is 0 Å². The van der Waals surface area contributed by atoms with Crippen molar-refractivity contribution in [1.29, 1.82) is 0 Å². The van der Waals surface area contributed by atoms with Crippen molar-refractivity contribution >= 4 is 86.9 Å². The van der Waals surface area contributed by atoms with Crippen LogP contribution in [-0.4, -0.2) is 12.5 Å². The summed E-state index contributed by atoms with van der Waals surface area (Å²) < 4.78 is 0. The Kier molecular flexibility index (Phi) is 6.55. The average molecular weight is 433 g/mol. The van der Waals surface area contributed by atoms with Gasteiger partial charge in [0, 0.05) is 0 Å². The van der Waals surface area contributed by atoms with Gasteiger partial charge in [-0.1, -0.05) is 69.6 Å². The summed E-state index contributed by atoms with van der Waals surface area (Å²) in [6.45, 7) is -0.0613. The zero-order valence-electron chi connectivity index (χ0n) is 11.2. The van der Waals surface area contributed by atoms with E-state index < -0.39 is 0 Å². The number of amides is 1. The lowest BCUT2D eigenvalue weighted by atomic mass is 10.3. The molecule has 2 N–H and O–H groups in total. The number of benzene rings is 2. The third-order valence-electron chi connectivity index (χ3n) is 2.73. The van der Waals surface area contributed by atoms with E-state index in [-0.39, 0.29) is 22.5 Å². The van der Waals surface area contributed by atoms with Crippen molar-refractivity contribution in [2.75, 3.05) is 17.2 Å². The van der Waals surface area contributed by atoms with Crippen molar-refractivity contribution in [1.82, 2.24) is 0 Å². The van der Waals surface area contributed by atoms with Crippen LogP contribution in [0, 0.1) is 0 Å². The maximum atomic E-state index is 12.0. The molecule has 0 bridgehead atoms. The minimum Gasteiger partial charge on any atom is -0.375 e. The Morgan fingerprint density at radius 3 is 1.70 bits per heavy atom. The molecule has 0 aromatic heterocycles. The van der Waals surface area contributed by atoms with Crippen LogP contribution in [-0.2, 0) is 4.79 Å². The highest BCUT2D eigenvalue weighted by Gasteiger charge is 2.11. The van der Waals surface area contributed by atoms with Gasteiger partial charge in [-0.05, 0) is 24.3 Å². The molecule has 0 atom stereocenters. The molecule has 0 aliphatic heterocycles. The van der Waals surface area contributed by atoms with Crippen LogP contribution in [0.2, 0.25) is 30.1 Å². The molecule has 122 valence electrons. The summed E-state index contributed by atoms with van der Waals surface area (Å²) in [6, 6.07) is 5.94. The van der Waals surface area contributed by atoms with Crippen molar-refractivity contribution in [3.05, 3.63) is 54.4 Å². The van der Waals surface area contributed by atoms with E-state index in [9.17, 15) is 4.79 Å². The lowest BCUT2D eigenvalue weighted by Crippen LogP contribution is -2.22. The summed E-state index contributed by atoms with van der Waals surface area (Å²) in [6.07, 6.45) is 0. The van der Waals surface area contributed by atoms with Crippen LogP contribution in [0.3, 0.4) is 0 Å². The van der Waals surface area contributed by atoms with Crippen molar-refractivity contribution in [2.24, 2.45) is 0 Å². The second-order valence-electron chi connectivity index (χ2n) is 4.39. The summed E-state index contributed by atoms with van der Waals surface area (Å²) in [4.78, 5) is 12.0. The number of hydrogen-bond donors (Lipinski definition) is 2. The first kappa shape index (κ1) is 18.8. The summed E-state index contributed by atoms with van der Waals surface area (Å²) >= 11 is 35.5. The number of anilines is 2. The van der Waals surface area contributed by atoms with Crippen LogP contribution in [0.5, 0.6) is 0 Å². The molecule has 9 heteroatoms. The Hall–Kier alpha value is -0.550. The first-order valence-electron chi connectivity index (χ1n) is 6.10. The van der Waals surface area contributed by atoms with Gasteiger partial charge >= 0.3 is 0 Å². The van der Waals surface area contributed by atoms with E-state index in [2.05, 4.69) is 10.6 Å². The number of hydrogen-bond acceptors (Lipinski definition) is 2. The molecule has 2 aromatic rings. The molecule has 0 saturated carbocycles. The Bertz CT molecular complexity index is 765. The quantitative estimate of drug-likeness (QED) is 0.530. The highest BCUT2D eigenvalue weighted by Crippen LogP contribution is 2.33. The average Bonchev–Trinajstić information content (AvgIpc) is 2.47. The molecular formula is C14H8Cl6N2O. The molecule has 0 fully saturated rings. The molecule has 0 heterocycles. The maximum Gasteiger partial charge on any atom is 0.243 e. The number of carbonyl (C=O) groups excluding carboxylic acids is 1. The third kappa shape index (κ3) is 4.96. The van der Waals surface area contributed by atoms with E-state index in [1.165, 1.54) is 24.3 Å². The van der Waals surface area contributed by atoms with Crippen LogP contribution in [0.15, 0.2) is 24.3 Å². The molecule has 23 heavy (non-hydrogen) atoms. The molecule has 0 radical (unpaired) electrons. The molecular weight excluding hydrogens is 425 g/mol. The monoisotopic (exact) mass is 430 g/mol. The largest absolute Gasteiger partial charge is 0.375 e. The van der Waals surface area contributed by atoms with Gasteiger partial charge < -0.3 is 10.6 Å². The van der Waals surface area contributed by atoms with Crippen molar-refractivity contribution in [2.45, 2.75) is 0 Å². The molecule has 0 aliphatic rings. The summed E-state index contributed by atoms with van der Waals surface area (Å²) in [5.74, 6) is -0.354. The van der Waals surface area contributed by atoms with Gasteiger partial charge in [0.05, 0.1) is 48.1 Å². The SMILES string of the molecule is O=C(CNc1cc(Cl)c(Cl)cc1Cl)Nc1cc(Cl)c(Cl)cc1Cl. The minimum atomic E-state index is -0.354. The fourth-order valence-electron chi connectivity index (χ4n) is 1.65. The molecule has 0 aliphatic carbocycles. The highest BCUT2D eigenvalue weighted by atomic mass is 35.5. The van der Waals surface area contributed by atoms with Gasteiger partial charge in [0.15, 0.2) is 0 Å². The topological polar surface area (TPSA) is 41.1 Å². The smallest absolute Gasteiger partial charge is 0.243 e. The van der Waals surface area contributed by atoms with Crippen molar-refractivity contribution < 1.29 is 4.79 Å². The third-order valence-corrected chi connectivity index (χ3v) is 4.80. The Morgan fingerprint density at radius 1 is 0.696 bits per heavy atom. The zero-order valence-corrected chi connectivity index (χ0v) is 15.7. The van der Waals surface area contributed by atoms with Gasteiger partial charge in [-0.3, -0.25) is 4.79 Å². The number of rotatable bonds is 4. The standard InChI is InChI=1S/C14H8Cl6N2O/c15-6-1-10(19)12(3-8(6)17)21-5-14(23)22-13-4-9(18)7(16)2-11(13)20/h1-4,21H,5H2,(H,22,23). The molecule has 0 unspecified atom stereocenters. The maximum absolute atomic E-state index is 12.0. The van der Waals surface area contributed by atoms with Crippen molar-refractivity contribution in [3.8, 4) is 0 Å². The molecule has 2 rings (SSSR count). The predicted octanol–water partition coefficient (Wildman–Crippen LogP) is 6.66. The van der Waals surface area contributed by atoms with E-state index in [0.717, 1.165) is 0 Å². The van der Waals surface area contributed by atoms with E-state index in [0.29, 0.717) is 31.5 Å². The molecule has 1 amide bonds. The van der Waals surface area contributed by atoms with Gasteiger partial charge in [-0.2, -0.15) is 0 Å². The number of carbonyl (C=O) groups is 1. The van der Waals surface area contributed by atoms with E-state index in [4.69, 9.17) is 69.6 Å². The Labute approximate surface area is 162 Å². The zero-order chi connectivity index (χ0) is 17.1. The van der Waals surface area contributed by atoms with Crippen LogP contribution in [0.1, 0.15) is 0 Å². The minimum absolute atomic E-state index is 0.0613. The van der Waals surface area contributed by atoms with Gasteiger partial charge in [0.1, 0.15) is 0 Å². The van der Waals surface area contributed by atoms with Crippen LogP contribution in [0.4, 0.5) is 11.4 Å². The van der Waals surface area contributed by atoms with E-state index in [1.54, 1.807) is 0 Å². The second-order valence-corrected chi connectivity index (χ2v) is 6.84. The fourth-order valence-corrected chi connectivity index (χ4v) is 2.85. The Morgan fingerprint density at radius 2 is 1.13 bits per heavy atom. The first-order valence-corrected chi connectivity index (χ1v) is 8.37.